The highest BCUT2D eigenvalue weighted by molar-refractivity contribution is 6.30. The summed E-state index contributed by atoms with van der Waals surface area (Å²) in [4.78, 5) is 12.0. The standard InChI is InChI=1S/C12H13ClN4O/c1-8(17-7-9(13)6-15-17)12(18)16-11-4-2-10(14)3-5-11/h2-8H,14H2,1H3,(H,16,18). The van der Waals surface area contributed by atoms with Gasteiger partial charge in [-0.15, -0.1) is 0 Å². The van der Waals surface area contributed by atoms with Gasteiger partial charge in [-0.05, 0) is 31.2 Å². The van der Waals surface area contributed by atoms with Crippen LogP contribution in [0.25, 0.3) is 0 Å². The van der Waals surface area contributed by atoms with Crippen molar-refractivity contribution in [2.75, 3.05) is 11.1 Å². The number of carbonyl (C=O) groups excluding carboxylic acids is 1. The van der Waals surface area contributed by atoms with Crippen molar-refractivity contribution in [1.82, 2.24) is 9.78 Å². The number of nitrogen functional groups attached to an aromatic ring is 1. The number of amides is 1. The number of nitrogens with zero attached hydrogens (tertiary/aromatic N) is 2. The van der Waals surface area contributed by atoms with E-state index < -0.39 is 6.04 Å². The molecular formula is C12H13ClN4O. The van der Waals surface area contributed by atoms with Crippen LogP contribution in [0.2, 0.25) is 5.02 Å². The first kappa shape index (κ1) is 12.4. The molecule has 0 radical (unpaired) electrons. The van der Waals surface area contributed by atoms with Gasteiger partial charge in [-0.3, -0.25) is 9.48 Å². The molecule has 0 saturated heterocycles. The Labute approximate surface area is 110 Å². The first-order chi connectivity index (χ1) is 8.56. The lowest BCUT2D eigenvalue weighted by molar-refractivity contribution is -0.119. The molecule has 1 heterocycles. The lowest BCUT2D eigenvalue weighted by Crippen LogP contribution is -2.23. The maximum atomic E-state index is 12.0. The third-order valence-electron chi connectivity index (χ3n) is 2.52. The summed E-state index contributed by atoms with van der Waals surface area (Å²) in [5, 5.41) is 7.28. The average molecular weight is 265 g/mol. The smallest absolute Gasteiger partial charge is 0.248 e. The number of halogens is 1. The fourth-order valence-corrected chi connectivity index (χ4v) is 1.60. The second-order valence-corrected chi connectivity index (χ2v) is 4.36. The summed E-state index contributed by atoms with van der Waals surface area (Å²) < 4.78 is 1.51. The number of nitrogens with one attached hydrogen (secondary N) is 1. The van der Waals surface area contributed by atoms with Crippen LogP contribution in [0.4, 0.5) is 11.4 Å². The Morgan fingerprint density at radius 1 is 1.44 bits per heavy atom. The van der Waals surface area contributed by atoms with Crippen molar-refractivity contribution < 1.29 is 4.79 Å². The summed E-state index contributed by atoms with van der Waals surface area (Å²) in [5.41, 5.74) is 6.92. The molecule has 1 atom stereocenters. The Kier molecular flexibility index (Phi) is 3.53. The average Bonchev–Trinajstić information content (AvgIpc) is 2.78. The number of aromatic nitrogens is 2. The first-order valence-corrected chi connectivity index (χ1v) is 5.80. The molecule has 5 nitrogen and oxygen atoms in total. The van der Waals surface area contributed by atoms with Crippen molar-refractivity contribution in [3.05, 3.63) is 41.7 Å². The minimum absolute atomic E-state index is 0.167. The van der Waals surface area contributed by atoms with Crippen LogP contribution in [-0.4, -0.2) is 15.7 Å². The Morgan fingerprint density at radius 2 is 2.11 bits per heavy atom. The third-order valence-corrected chi connectivity index (χ3v) is 2.72. The number of benzene rings is 1. The number of rotatable bonds is 3. The fraction of sp³-hybridized carbons (Fsp3) is 0.167. The molecule has 0 aliphatic rings. The Morgan fingerprint density at radius 3 is 2.67 bits per heavy atom. The van der Waals surface area contributed by atoms with Crippen LogP contribution < -0.4 is 11.1 Å². The zero-order valence-corrected chi connectivity index (χ0v) is 10.6. The van der Waals surface area contributed by atoms with Crippen LogP contribution in [0.15, 0.2) is 36.7 Å². The molecule has 0 aliphatic heterocycles. The van der Waals surface area contributed by atoms with Gasteiger partial charge in [-0.25, -0.2) is 0 Å². The third kappa shape index (κ3) is 2.81. The van der Waals surface area contributed by atoms with Crippen molar-refractivity contribution in [3.8, 4) is 0 Å². The maximum Gasteiger partial charge on any atom is 0.248 e. The highest BCUT2D eigenvalue weighted by atomic mass is 35.5. The van der Waals surface area contributed by atoms with Crippen LogP contribution >= 0.6 is 11.6 Å². The molecule has 0 spiro atoms. The highest BCUT2D eigenvalue weighted by Crippen LogP contribution is 2.15. The van der Waals surface area contributed by atoms with Crippen molar-refractivity contribution in [2.45, 2.75) is 13.0 Å². The molecule has 1 aromatic heterocycles. The topological polar surface area (TPSA) is 72.9 Å². The van der Waals surface area contributed by atoms with E-state index >= 15 is 0 Å². The monoisotopic (exact) mass is 264 g/mol. The molecule has 0 bridgehead atoms. The van der Waals surface area contributed by atoms with Crippen LogP contribution in [0.5, 0.6) is 0 Å². The Balaban J connectivity index is 2.05. The Bertz CT molecular complexity index is 549. The van der Waals surface area contributed by atoms with Gasteiger partial charge in [0.15, 0.2) is 0 Å². The quantitative estimate of drug-likeness (QED) is 0.836. The number of anilines is 2. The molecule has 6 heteroatoms. The molecule has 2 rings (SSSR count). The SMILES string of the molecule is CC(C(=O)Nc1ccc(N)cc1)n1cc(Cl)cn1. The number of hydrogen-bond donors (Lipinski definition) is 2. The Hall–Kier alpha value is -2.01. The summed E-state index contributed by atoms with van der Waals surface area (Å²) in [5.74, 6) is -0.167. The van der Waals surface area contributed by atoms with E-state index in [1.807, 2.05) is 0 Å². The molecule has 1 unspecified atom stereocenters. The molecular weight excluding hydrogens is 252 g/mol. The van der Waals surface area contributed by atoms with Gasteiger partial charge in [0, 0.05) is 17.6 Å². The predicted octanol–water partition coefficient (Wildman–Crippen LogP) is 2.32. The lowest BCUT2D eigenvalue weighted by atomic mass is 10.2. The summed E-state index contributed by atoms with van der Waals surface area (Å²) in [6, 6.07) is 6.51. The summed E-state index contributed by atoms with van der Waals surface area (Å²) in [6.07, 6.45) is 3.10. The number of carbonyl (C=O) groups is 1. The molecule has 1 aromatic carbocycles. The van der Waals surface area contributed by atoms with E-state index in [2.05, 4.69) is 10.4 Å². The summed E-state index contributed by atoms with van der Waals surface area (Å²) in [6.45, 7) is 1.75. The van der Waals surface area contributed by atoms with Crippen LogP contribution in [0.3, 0.4) is 0 Å². The van der Waals surface area contributed by atoms with Crippen LogP contribution in [0.1, 0.15) is 13.0 Å². The van der Waals surface area contributed by atoms with Crippen molar-refractivity contribution >= 4 is 28.9 Å². The normalized spacial score (nSPS) is 12.1. The molecule has 0 fully saturated rings. The van der Waals surface area contributed by atoms with Gasteiger partial charge in [0.05, 0.1) is 11.2 Å². The van der Waals surface area contributed by atoms with E-state index in [-0.39, 0.29) is 5.91 Å². The van der Waals surface area contributed by atoms with E-state index in [1.165, 1.54) is 10.9 Å². The van der Waals surface area contributed by atoms with E-state index in [9.17, 15) is 4.79 Å². The van der Waals surface area contributed by atoms with Crippen molar-refractivity contribution in [1.29, 1.82) is 0 Å². The number of nitrogens with two attached hydrogens (primary N) is 1. The molecule has 18 heavy (non-hydrogen) atoms. The molecule has 2 aromatic rings. The molecule has 1 amide bonds. The van der Waals surface area contributed by atoms with Gasteiger partial charge in [0.25, 0.3) is 0 Å². The molecule has 3 N–H and O–H groups in total. The van der Waals surface area contributed by atoms with E-state index in [1.54, 1.807) is 37.4 Å². The zero-order chi connectivity index (χ0) is 13.1. The molecule has 0 aliphatic carbocycles. The second kappa shape index (κ2) is 5.10. The highest BCUT2D eigenvalue weighted by Gasteiger charge is 2.15. The molecule has 94 valence electrons. The van der Waals surface area contributed by atoms with E-state index in [0.29, 0.717) is 16.4 Å². The minimum Gasteiger partial charge on any atom is -0.399 e. The maximum absolute atomic E-state index is 12.0. The van der Waals surface area contributed by atoms with Crippen molar-refractivity contribution in [2.24, 2.45) is 0 Å². The zero-order valence-electron chi connectivity index (χ0n) is 9.80. The van der Waals surface area contributed by atoms with Gasteiger partial charge < -0.3 is 11.1 Å². The molecule has 0 saturated carbocycles. The number of hydrogen-bond acceptors (Lipinski definition) is 3. The fourth-order valence-electron chi connectivity index (χ4n) is 1.46. The van der Waals surface area contributed by atoms with Gasteiger partial charge in [0.2, 0.25) is 5.91 Å². The van der Waals surface area contributed by atoms with Gasteiger partial charge >= 0.3 is 0 Å². The second-order valence-electron chi connectivity index (χ2n) is 3.93. The predicted molar refractivity (Wildman–Crippen MR) is 71.4 cm³/mol. The van der Waals surface area contributed by atoms with Crippen molar-refractivity contribution in [3.63, 3.8) is 0 Å². The van der Waals surface area contributed by atoms with Gasteiger partial charge in [-0.2, -0.15) is 5.10 Å². The largest absolute Gasteiger partial charge is 0.399 e. The summed E-state index contributed by atoms with van der Waals surface area (Å²) >= 11 is 5.76. The lowest BCUT2D eigenvalue weighted by Gasteiger charge is -2.12. The first-order valence-electron chi connectivity index (χ1n) is 5.42. The minimum atomic E-state index is -0.435. The van der Waals surface area contributed by atoms with E-state index in [0.717, 1.165) is 0 Å². The van der Waals surface area contributed by atoms with Gasteiger partial charge in [0.1, 0.15) is 6.04 Å². The van der Waals surface area contributed by atoms with Crippen LogP contribution in [0, 0.1) is 0 Å². The van der Waals surface area contributed by atoms with Gasteiger partial charge in [-0.1, -0.05) is 11.6 Å². The van der Waals surface area contributed by atoms with Crippen LogP contribution in [-0.2, 0) is 4.79 Å². The van der Waals surface area contributed by atoms with E-state index in [4.69, 9.17) is 17.3 Å². The summed E-state index contributed by atoms with van der Waals surface area (Å²) in [7, 11) is 0.